The predicted molar refractivity (Wildman–Crippen MR) is 91.4 cm³/mol. The summed E-state index contributed by atoms with van der Waals surface area (Å²) >= 11 is 0. The molecule has 0 aliphatic rings. The summed E-state index contributed by atoms with van der Waals surface area (Å²) in [4.78, 5) is 14.4. The highest BCUT2D eigenvalue weighted by molar-refractivity contribution is 7.90. The molecule has 0 aromatic heterocycles. The molecule has 22 heavy (non-hydrogen) atoms. The van der Waals surface area contributed by atoms with Gasteiger partial charge < -0.3 is 10.2 Å². The molecule has 1 rings (SSSR count). The first-order chi connectivity index (χ1) is 10.1. The summed E-state index contributed by atoms with van der Waals surface area (Å²) in [6.45, 7) is 6.42. The molecule has 1 aromatic carbocycles. The lowest BCUT2D eigenvalue weighted by Crippen LogP contribution is -2.31. The molecule has 0 unspecified atom stereocenters. The summed E-state index contributed by atoms with van der Waals surface area (Å²) in [7, 11) is -1.03. The van der Waals surface area contributed by atoms with Gasteiger partial charge in [-0.1, -0.05) is 11.6 Å². The van der Waals surface area contributed by atoms with Crippen LogP contribution in [0.1, 0.15) is 36.2 Å². The van der Waals surface area contributed by atoms with E-state index in [1.54, 1.807) is 0 Å². The van der Waals surface area contributed by atoms with Crippen molar-refractivity contribution in [2.45, 2.75) is 33.2 Å². The molecule has 0 bridgehead atoms. The van der Waals surface area contributed by atoms with E-state index >= 15 is 0 Å². The number of hydrogen-bond donors (Lipinski definition) is 1. The fourth-order valence-electron chi connectivity index (χ4n) is 2.05. The molecular formula is C16H26N2O3S. The number of amides is 1. The van der Waals surface area contributed by atoms with Gasteiger partial charge in [-0.2, -0.15) is 0 Å². The van der Waals surface area contributed by atoms with E-state index in [1.807, 2.05) is 37.1 Å². The van der Waals surface area contributed by atoms with E-state index < -0.39 is 9.84 Å². The number of carbonyl (C=O) groups excluding carboxylic acids is 1. The number of nitrogens with one attached hydrogen (secondary N) is 1. The fourth-order valence-corrected chi connectivity index (χ4v) is 2.72. The SMILES string of the molecule is Cc1ccc(N(C)C(C)C)c(C(=O)NCCCS(C)(=O)=O)c1. The van der Waals surface area contributed by atoms with Crippen LogP contribution in [-0.4, -0.2) is 46.0 Å². The van der Waals surface area contributed by atoms with Gasteiger partial charge in [0.1, 0.15) is 9.84 Å². The third kappa shape index (κ3) is 5.67. The molecule has 124 valence electrons. The molecule has 0 aliphatic heterocycles. The normalized spacial score (nSPS) is 11.5. The van der Waals surface area contributed by atoms with Crippen molar-refractivity contribution >= 4 is 21.4 Å². The molecule has 0 aliphatic carbocycles. The van der Waals surface area contributed by atoms with Gasteiger partial charge in [0.05, 0.1) is 11.3 Å². The lowest BCUT2D eigenvalue weighted by molar-refractivity contribution is 0.0954. The summed E-state index contributed by atoms with van der Waals surface area (Å²) in [5, 5.41) is 2.80. The van der Waals surface area contributed by atoms with Crippen molar-refractivity contribution in [3.63, 3.8) is 0 Å². The number of hydrogen-bond acceptors (Lipinski definition) is 4. The molecular weight excluding hydrogens is 300 g/mol. The van der Waals surface area contributed by atoms with Crippen LogP contribution in [0.2, 0.25) is 0 Å². The van der Waals surface area contributed by atoms with E-state index in [-0.39, 0.29) is 17.7 Å². The number of benzene rings is 1. The Labute approximate surface area is 133 Å². The van der Waals surface area contributed by atoms with Gasteiger partial charge in [0.25, 0.3) is 5.91 Å². The standard InChI is InChI=1S/C16H26N2O3S/c1-12(2)18(4)15-8-7-13(3)11-14(15)16(19)17-9-6-10-22(5,20)21/h7-8,11-12H,6,9-10H2,1-5H3,(H,17,19). The first-order valence-corrected chi connectivity index (χ1v) is 9.47. The van der Waals surface area contributed by atoms with Crippen LogP contribution in [0.25, 0.3) is 0 Å². The average molecular weight is 326 g/mol. The predicted octanol–water partition coefficient (Wildman–Crippen LogP) is 2.00. The Bertz CT molecular complexity index is 624. The summed E-state index contributed by atoms with van der Waals surface area (Å²) in [6, 6.07) is 6.06. The van der Waals surface area contributed by atoms with Gasteiger partial charge in [0.2, 0.25) is 0 Å². The Morgan fingerprint density at radius 3 is 2.50 bits per heavy atom. The number of rotatable bonds is 7. The number of anilines is 1. The maximum atomic E-state index is 12.4. The molecule has 0 radical (unpaired) electrons. The molecule has 0 spiro atoms. The van der Waals surface area contributed by atoms with Gasteiger partial charge in [0, 0.05) is 31.6 Å². The fraction of sp³-hybridized carbons (Fsp3) is 0.562. The summed E-state index contributed by atoms with van der Waals surface area (Å²) < 4.78 is 22.2. The molecule has 1 amide bonds. The van der Waals surface area contributed by atoms with Gasteiger partial charge in [-0.15, -0.1) is 0 Å². The average Bonchev–Trinajstić information content (AvgIpc) is 2.41. The Balaban J connectivity index is 2.81. The Hall–Kier alpha value is -1.56. The minimum atomic E-state index is -2.99. The van der Waals surface area contributed by atoms with E-state index in [0.29, 0.717) is 18.5 Å². The molecule has 1 N–H and O–H groups in total. The molecule has 0 atom stereocenters. The monoisotopic (exact) mass is 326 g/mol. The molecule has 0 saturated heterocycles. The van der Waals surface area contributed by atoms with E-state index in [2.05, 4.69) is 19.2 Å². The lowest BCUT2D eigenvalue weighted by atomic mass is 10.1. The minimum Gasteiger partial charge on any atom is -0.372 e. The van der Waals surface area contributed by atoms with Crippen LogP contribution < -0.4 is 10.2 Å². The van der Waals surface area contributed by atoms with Crippen LogP contribution in [0.15, 0.2) is 18.2 Å². The van der Waals surface area contributed by atoms with E-state index in [0.717, 1.165) is 11.3 Å². The highest BCUT2D eigenvalue weighted by Gasteiger charge is 2.16. The quantitative estimate of drug-likeness (QED) is 0.778. The largest absolute Gasteiger partial charge is 0.372 e. The van der Waals surface area contributed by atoms with Crippen molar-refractivity contribution in [1.29, 1.82) is 0 Å². The van der Waals surface area contributed by atoms with Gasteiger partial charge in [0.15, 0.2) is 0 Å². The van der Waals surface area contributed by atoms with E-state index in [9.17, 15) is 13.2 Å². The van der Waals surface area contributed by atoms with Crippen LogP contribution in [-0.2, 0) is 9.84 Å². The van der Waals surface area contributed by atoms with Crippen LogP contribution in [0.5, 0.6) is 0 Å². The van der Waals surface area contributed by atoms with Crippen LogP contribution in [0, 0.1) is 6.92 Å². The van der Waals surface area contributed by atoms with Crippen molar-refractivity contribution in [2.75, 3.05) is 30.5 Å². The second-order valence-corrected chi connectivity index (χ2v) is 8.22. The lowest BCUT2D eigenvalue weighted by Gasteiger charge is -2.26. The Morgan fingerprint density at radius 1 is 1.32 bits per heavy atom. The van der Waals surface area contributed by atoms with Crippen molar-refractivity contribution in [2.24, 2.45) is 0 Å². The first-order valence-electron chi connectivity index (χ1n) is 7.41. The van der Waals surface area contributed by atoms with Gasteiger partial charge in [-0.05, 0) is 39.3 Å². The maximum absolute atomic E-state index is 12.4. The Kier molecular flexibility index (Phi) is 6.41. The highest BCUT2D eigenvalue weighted by atomic mass is 32.2. The topological polar surface area (TPSA) is 66.5 Å². The second-order valence-electron chi connectivity index (χ2n) is 5.96. The van der Waals surface area contributed by atoms with Crippen LogP contribution in [0.3, 0.4) is 0 Å². The molecule has 5 nitrogen and oxygen atoms in total. The number of carbonyl (C=O) groups is 1. The Morgan fingerprint density at radius 2 is 1.95 bits per heavy atom. The smallest absolute Gasteiger partial charge is 0.253 e. The maximum Gasteiger partial charge on any atom is 0.253 e. The molecule has 0 saturated carbocycles. The number of sulfone groups is 1. The van der Waals surface area contributed by atoms with Crippen molar-refractivity contribution < 1.29 is 13.2 Å². The van der Waals surface area contributed by atoms with Crippen molar-refractivity contribution in [3.05, 3.63) is 29.3 Å². The third-order valence-corrected chi connectivity index (χ3v) is 4.56. The van der Waals surface area contributed by atoms with Crippen LogP contribution in [0.4, 0.5) is 5.69 Å². The molecule has 1 aromatic rings. The zero-order valence-corrected chi connectivity index (χ0v) is 14.8. The summed E-state index contributed by atoms with van der Waals surface area (Å²) in [5.41, 5.74) is 2.51. The van der Waals surface area contributed by atoms with Gasteiger partial charge in [-0.3, -0.25) is 4.79 Å². The van der Waals surface area contributed by atoms with E-state index in [4.69, 9.17) is 0 Å². The highest BCUT2D eigenvalue weighted by Crippen LogP contribution is 2.22. The minimum absolute atomic E-state index is 0.0832. The zero-order chi connectivity index (χ0) is 16.9. The van der Waals surface area contributed by atoms with Crippen molar-refractivity contribution in [1.82, 2.24) is 5.32 Å². The molecule has 6 heteroatoms. The number of aryl methyl sites for hydroxylation is 1. The van der Waals surface area contributed by atoms with Gasteiger partial charge >= 0.3 is 0 Å². The second kappa shape index (κ2) is 7.63. The first kappa shape index (κ1) is 18.5. The third-order valence-electron chi connectivity index (χ3n) is 3.53. The molecule has 0 heterocycles. The summed E-state index contributed by atoms with van der Waals surface area (Å²) in [6.07, 6.45) is 1.62. The summed E-state index contributed by atoms with van der Waals surface area (Å²) in [5.74, 6) is -0.0838. The van der Waals surface area contributed by atoms with E-state index in [1.165, 1.54) is 6.26 Å². The van der Waals surface area contributed by atoms with Crippen molar-refractivity contribution in [3.8, 4) is 0 Å². The molecule has 0 fully saturated rings. The number of nitrogens with zero attached hydrogens (tertiary/aromatic N) is 1. The zero-order valence-electron chi connectivity index (χ0n) is 14.0. The van der Waals surface area contributed by atoms with Crippen LogP contribution >= 0.6 is 0 Å². The van der Waals surface area contributed by atoms with Gasteiger partial charge in [-0.25, -0.2) is 8.42 Å².